The number of halogens is 7. The Morgan fingerprint density at radius 3 is 1.59 bits per heavy atom. The van der Waals surface area contributed by atoms with E-state index in [0.29, 0.717) is 6.42 Å². The van der Waals surface area contributed by atoms with Crippen LogP contribution < -0.4 is 0 Å². The maximum absolute atomic E-state index is 6.07. The predicted octanol–water partition coefficient (Wildman–Crippen LogP) is 7.06. The van der Waals surface area contributed by atoms with E-state index in [1.807, 2.05) is 0 Å². The number of unbranched alkanes of at least 4 members (excludes halogenated alkanes) is 4. The van der Waals surface area contributed by atoms with E-state index in [1.165, 1.54) is 6.42 Å². The predicted molar refractivity (Wildman–Crippen MR) is 82.5 cm³/mol. The molecular weight excluding hydrogens is 368 g/mol. The van der Waals surface area contributed by atoms with Crippen LogP contribution >= 0.6 is 81.2 Å². The Hall–Kier alpha value is 2.03. The molecule has 17 heavy (non-hydrogen) atoms. The highest BCUT2D eigenvalue weighted by molar-refractivity contribution is 6.78. The zero-order valence-corrected chi connectivity index (χ0v) is 14.7. The SMILES string of the molecule is CCCCCCCC(Cl)(Cl)C(Cl)(Cl)C(Cl)(Cl)Cl. The quantitative estimate of drug-likeness (QED) is 0.326. The van der Waals surface area contributed by atoms with Gasteiger partial charge < -0.3 is 0 Å². The summed E-state index contributed by atoms with van der Waals surface area (Å²) < 4.78 is -5.28. The van der Waals surface area contributed by atoms with Crippen LogP contribution in [0.2, 0.25) is 0 Å². The molecule has 0 fully saturated rings. The Morgan fingerprint density at radius 1 is 0.706 bits per heavy atom. The van der Waals surface area contributed by atoms with Gasteiger partial charge >= 0.3 is 0 Å². The normalized spacial score (nSPS) is 14.1. The van der Waals surface area contributed by atoms with Gasteiger partial charge in [-0.05, 0) is 6.42 Å². The molecule has 0 saturated carbocycles. The van der Waals surface area contributed by atoms with Gasteiger partial charge in [0.25, 0.3) is 0 Å². The van der Waals surface area contributed by atoms with Gasteiger partial charge in [0.05, 0.1) is 0 Å². The third-order valence-electron chi connectivity index (χ3n) is 2.41. The average molecular weight is 383 g/mol. The van der Waals surface area contributed by atoms with E-state index in [-0.39, 0.29) is 0 Å². The van der Waals surface area contributed by atoms with Crippen molar-refractivity contribution in [2.24, 2.45) is 0 Å². The van der Waals surface area contributed by atoms with Gasteiger partial charge in [0.15, 0.2) is 8.67 Å². The molecule has 0 heterocycles. The number of rotatable bonds is 7. The molecule has 0 bridgehead atoms. The van der Waals surface area contributed by atoms with Gasteiger partial charge in [0, 0.05) is 0 Å². The summed E-state index contributed by atoms with van der Waals surface area (Å²) in [6, 6.07) is 0. The van der Waals surface area contributed by atoms with Crippen LogP contribution in [0, 0.1) is 0 Å². The molecule has 0 saturated heterocycles. The molecule has 0 rings (SSSR count). The van der Waals surface area contributed by atoms with Crippen molar-refractivity contribution in [2.75, 3.05) is 0 Å². The topological polar surface area (TPSA) is 0 Å². The molecule has 0 nitrogen and oxygen atoms in total. The van der Waals surface area contributed by atoms with Gasteiger partial charge in [-0.3, -0.25) is 0 Å². The van der Waals surface area contributed by atoms with Crippen LogP contribution in [0.5, 0.6) is 0 Å². The second-order valence-electron chi connectivity index (χ2n) is 3.94. The second-order valence-corrected chi connectivity index (χ2v) is 9.03. The lowest BCUT2D eigenvalue weighted by molar-refractivity contribution is 0.542. The first kappa shape index (κ1) is 19.0. The summed E-state index contributed by atoms with van der Waals surface area (Å²) in [7, 11) is 0. The van der Waals surface area contributed by atoms with Crippen molar-refractivity contribution in [3.05, 3.63) is 0 Å². The molecule has 0 aromatic heterocycles. The van der Waals surface area contributed by atoms with Crippen LogP contribution in [0.15, 0.2) is 0 Å². The Bertz CT molecular complexity index is 219. The molecule has 0 amide bonds. The maximum atomic E-state index is 6.07. The maximum Gasteiger partial charge on any atom is 0.226 e. The van der Waals surface area contributed by atoms with Crippen LogP contribution in [0.1, 0.15) is 45.4 Å². The van der Waals surface area contributed by atoms with Crippen molar-refractivity contribution in [3.63, 3.8) is 0 Å². The lowest BCUT2D eigenvalue weighted by Crippen LogP contribution is -2.46. The van der Waals surface area contributed by atoms with E-state index < -0.39 is 12.5 Å². The van der Waals surface area contributed by atoms with E-state index in [4.69, 9.17) is 81.2 Å². The van der Waals surface area contributed by atoms with Crippen molar-refractivity contribution in [1.29, 1.82) is 0 Å². The molecule has 0 aromatic carbocycles. The fourth-order valence-electron chi connectivity index (χ4n) is 1.31. The molecule has 7 heteroatoms. The van der Waals surface area contributed by atoms with Crippen LogP contribution in [0.3, 0.4) is 0 Å². The van der Waals surface area contributed by atoms with Crippen molar-refractivity contribution in [3.8, 4) is 0 Å². The zero-order valence-electron chi connectivity index (χ0n) is 9.39. The molecule has 0 N–H and O–H groups in total. The van der Waals surface area contributed by atoms with Gasteiger partial charge in [-0.15, -0.1) is 0 Å². The summed E-state index contributed by atoms with van der Waals surface area (Å²) in [6.45, 7) is 2.14. The minimum atomic E-state index is -1.94. The summed E-state index contributed by atoms with van der Waals surface area (Å²) in [6.07, 6.45) is 5.62. The smallest absolute Gasteiger partial charge is 0.0981 e. The van der Waals surface area contributed by atoms with Crippen LogP contribution in [-0.4, -0.2) is 12.5 Å². The molecule has 0 atom stereocenters. The Kier molecular flexibility index (Phi) is 8.64. The van der Waals surface area contributed by atoms with Gasteiger partial charge in [-0.25, -0.2) is 0 Å². The van der Waals surface area contributed by atoms with E-state index in [0.717, 1.165) is 25.7 Å². The van der Waals surface area contributed by atoms with Crippen LogP contribution in [0.25, 0.3) is 0 Å². The number of alkyl halides is 7. The van der Waals surface area contributed by atoms with Gasteiger partial charge in [-0.1, -0.05) is 120 Å². The lowest BCUT2D eigenvalue weighted by Gasteiger charge is -2.37. The van der Waals surface area contributed by atoms with Gasteiger partial charge in [-0.2, -0.15) is 0 Å². The molecule has 0 aliphatic rings. The highest BCUT2D eigenvalue weighted by atomic mass is 35.6. The monoisotopic (exact) mass is 380 g/mol. The van der Waals surface area contributed by atoms with Crippen LogP contribution in [0.4, 0.5) is 0 Å². The minimum Gasteiger partial charge on any atom is -0.0981 e. The number of hydrogen-bond acceptors (Lipinski definition) is 0. The number of hydrogen-bond donors (Lipinski definition) is 0. The first-order valence-corrected chi connectivity index (χ1v) is 8.03. The highest BCUT2D eigenvalue weighted by Crippen LogP contribution is 2.57. The van der Waals surface area contributed by atoms with Crippen molar-refractivity contribution >= 4 is 81.2 Å². The Morgan fingerprint density at radius 2 is 1.18 bits per heavy atom. The first-order valence-electron chi connectivity index (χ1n) is 5.38. The van der Waals surface area contributed by atoms with Crippen LogP contribution in [-0.2, 0) is 0 Å². The van der Waals surface area contributed by atoms with Gasteiger partial charge in [0.2, 0.25) is 3.79 Å². The highest BCUT2D eigenvalue weighted by Gasteiger charge is 2.59. The summed E-state index contributed by atoms with van der Waals surface area (Å²) in [5.74, 6) is 0. The van der Waals surface area contributed by atoms with E-state index in [1.54, 1.807) is 0 Å². The minimum absolute atomic E-state index is 0.376. The summed E-state index contributed by atoms with van der Waals surface area (Å²) in [5.41, 5.74) is 0. The summed E-state index contributed by atoms with van der Waals surface area (Å²) >= 11 is 41.1. The third-order valence-corrected chi connectivity index (χ3v) is 6.38. The molecule has 0 aromatic rings. The molecule has 0 spiro atoms. The van der Waals surface area contributed by atoms with Gasteiger partial charge in [0.1, 0.15) is 0 Å². The van der Waals surface area contributed by atoms with E-state index in [9.17, 15) is 0 Å². The summed E-state index contributed by atoms with van der Waals surface area (Å²) in [4.78, 5) is 0. The third kappa shape index (κ3) is 5.90. The molecule has 0 aliphatic carbocycles. The lowest BCUT2D eigenvalue weighted by atomic mass is 10.1. The Labute approximate surface area is 138 Å². The summed E-state index contributed by atoms with van der Waals surface area (Å²) in [5, 5.41) is 0. The van der Waals surface area contributed by atoms with E-state index in [2.05, 4.69) is 6.92 Å². The molecule has 104 valence electrons. The fourth-order valence-corrected chi connectivity index (χ4v) is 2.83. The van der Waals surface area contributed by atoms with Crippen molar-refractivity contribution in [1.82, 2.24) is 0 Å². The zero-order chi connectivity index (χ0) is 13.7. The molecule has 0 radical (unpaired) electrons. The fraction of sp³-hybridized carbons (Fsp3) is 1.00. The molecular formula is C10H15Cl7. The molecule has 0 aliphatic heterocycles. The largest absolute Gasteiger partial charge is 0.226 e. The second kappa shape index (κ2) is 7.72. The van der Waals surface area contributed by atoms with Crippen molar-refractivity contribution in [2.45, 2.75) is 57.9 Å². The average Bonchev–Trinajstić information content (AvgIpc) is 2.15. The standard InChI is InChI=1S/C10H15Cl7/c1-2-3-4-5-6-7-8(11,12)9(13,14)10(15,16)17/h2-7H2,1H3. The first-order chi connectivity index (χ1) is 7.56. The molecule has 0 unspecified atom stereocenters. The Balaban J connectivity index is 4.28. The van der Waals surface area contributed by atoms with Crippen molar-refractivity contribution < 1.29 is 0 Å². The van der Waals surface area contributed by atoms with E-state index >= 15 is 0 Å².